The molecule has 1 aliphatic heterocycles. The second kappa shape index (κ2) is 3.12. The van der Waals surface area contributed by atoms with E-state index in [-0.39, 0.29) is 11.9 Å². The quantitative estimate of drug-likeness (QED) is 0.664. The molecule has 1 heterocycles. The minimum Gasteiger partial charge on any atom is -0.332 e. The van der Waals surface area contributed by atoms with Gasteiger partial charge in [0.15, 0.2) is 0 Å². The average Bonchev–Trinajstić information content (AvgIpc) is 2.46. The molecule has 0 unspecified atom stereocenters. The molecule has 0 bridgehead atoms. The fourth-order valence-corrected chi connectivity index (χ4v) is 1.93. The summed E-state index contributed by atoms with van der Waals surface area (Å²) in [5, 5.41) is 0. The molecular weight excluding hydrogens is 174 g/mol. The first-order valence-electron chi connectivity index (χ1n) is 5.00. The first-order valence-corrected chi connectivity index (χ1v) is 5.00. The van der Waals surface area contributed by atoms with Crippen LogP contribution in [0.3, 0.4) is 0 Å². The zero-order valence-electron chi connectivity index (χ0n) is 8.87. The minimum absolute atomic E-state index is 0.179. The van der Waals surface area contributed by atoms with Gasteiger partial charge in [0.25, 0.3) is 5.91 Å². The minimum atomic E-state index is 0.179. The third-order valence-corrected chi connectivity index (χ3v) is 2.85. The van der Waals surface area contributed by atoms with Gasteiger partial charge in [0, 0.05) is 18.2 Å². The number of nitrogens with zero attached hydrogens (tertiary/aromatic N) is 1. The van der Waals surface area contributed by atoms with Gasteiger partial charge in [-0.15, -0.1) is 0 Å². The van der Waals surface area contributed by atoms with Gasteiger partial charge in [-0.2, -0.15) is 0 Å². The third-order valence-electron chi connectivity index (χ3n) is 2.85. The Morgan fingerprint density at radius 3 is 2.64 bits per heavy atom. The third kappa shape index (κ3) is 1.22. The summed E-state index contributed by atoms with van der Waals surface area (Å²) in [6.45, 7) is 6.95. The van der Waals surface area contributed by atoms with Gasteiger partial charge < -0.3 is 4.90 Å². The van der Waals surface area contributed by atoms with E-state index in [2.05, 4.69) is 26.8 Å². The number of hydrogen-bond acceptors (Lipinski definition) is 1. The van der Waals surface area contributed by atoms with Crippen LogP contribution in [0.15, 0.2) is 18.2 Å². The molecule has 1 aromatic rings. The lowest BCUT2D eigenvalue weighted by atomic mass is 10.1. The van der Waals surface area contributed by atoms with Crippen molar-refractivity contribution >= 4 is 5.91 Å². The summed E-state index contributed by atoms with van der Waals surface area (Å²) in [5.74, 6) is 0.179. The van der Waals surface area contributed by atoms with E-state index < -0.39 is 0 Å². The number of amides is 1. The van der Waals surface area contributed by atoms with Crippen molar-refractivity contribution in [3.05, 3.63) is 34.9 Å². The Morgan fingerprint density at radius 2 is 2.07 bits per heavy atom. The maximum Gasteiger partial charge on any atom is 0.254 e. The highest BCUT2D eigenvalue weighted by atomic mass is 16.2. The van der Waals surface area contributed by atoms with E-state index in [1.165, 1.54) is 11.1 Å². The maximum atomic E-state index is 11.9. The molecule has 74 valence electrons. The topological polar surface area (TPSA) is 20.3 Å². The molecule has 2 heteroatoms. The molecule has 0 aliphatic carbocycles. The van der Waals surface area contributed by atoms with Crippen molar-refractivity contribution in [2.45, 2.75) is 33.4 Å². The zero-order chi connectivity index (χ0) is 10.3. The Bertz CT molecular complexity index is 382. The van der Waals surface area contributed by atoms with Crippen molar-refractivity contribution in [2.24, 2.45) is 0 Å². The van der Waals surface area contributed by atoms with Crippen LogP contribution in [0.2, 0.25) is 0 Å². The highest BCUT2D eigenvalue weighted by molar-refractivity contribution is 5.98. The second-order valence-corrected chi connectivity index (χ2v) is 4.13. The number of carbonyl (C=O) groups excluding carboxylic acids is 1. The van der Waals surface area contributed by atoms with Crippen LogP contribution in [-0.2, 0) is 6.54 Å². The number of rotatable bonds is 1. The molecule has 0 saturated heterocycles. The molecule has 2 nitrogen and oxygen atoms in total. The summed E-state index contributed by atoms with van der Waals surface area (Å²) >= 11 is 0. The normalized spacial score (nSPS) is 15.1. The van der Waals surface area contributed by atoms with Crippen LogP contribution in [-0.4, -0.2) is 16.8 Å². The largest absolute Gasteiger partial charge is 0.332 e. The van der Waals surface area contributed by atoms with Gasteiger partial charge in [-0.05, 0) is 38.0 Å². The highest BCUT2D eigenvalue weighted by Crippen LogP contribution is 2.26. The Kier molecular flexibility index (Phi) is 2.06. The molecule has 0 spiro atoms. The first kappa shape index (κ1) is 9.25. The van der Waals surface area contributed by atoms with Crippen LogP contribution < -0.4 is 0 Å². The molecular formula is C12H15NO. The van der Waals surface area contributed by atoms with Crippen LogP contribution in [0.4, 0.5) is 0 Å². The summed E-state index contributed by atoms with van der Waals surface area (Å²) in [6.07, 6.45) is 0. The standard InChI is InChI=1S/C12H15NO/c1-8(2)13-7-11-9(3)5-4-6-10(11)12(13)14/h4-6,8H,7H2,1-3H3. The van der Waals surface area contributed by atoms with Crippen LogP contribution in [0.1, 0.15) is 35.3 Å². The van der Waals surface area contributed by atoms with Crippen molar-refractivity contribution in [1.29, 1.82) is 0 Å². The maximum absolute atomic E-state index is 11.9. The van der Waals surface area contributed by atoms with E-state index in [1.54, 1.807) is 0 Å². The van der Waals surface area contributed by atoms with Crippen molar-refractivity contribution in [2.75, 3.05) is 0 Å². The highest BCUT2D eigenvalue weighted by Gasteiger charge is 2.29. The van der Waals surface area contributed by atoms with Gasteiger partial charge >= 0.3 is 0 Å². The number of benzene rings is 1. The Labute approximate surface area is 84.5 Å². The van der Waals surface area contributed by atoms with E-state index in [0.717, 1.165) is 12.1 Å². The second-order valence-electron chi connectivity index (χ2n) is 4.13. The number of hydrogen-bond donors (Lipinski definition) is 0. The fraction of sp³-hybridized carbons (Fsp3) is 0.417. The van der Waals surface area contributed by atoms with E-state index in [9.17, 15) is 4.79 Å². The Hall–Kier alpha value is -1.31. The van der Waals surface area contributed by atoms with Crippen molar-refractivity contribution < 1.29 is 4.79 Å². The molecule has 1 aromatic carbocycles. The van der Waals surface area contributed by atoms with Crippen LogP contribution in [0.5, 0.6) is 0 Å². The van der Waals surface area contributed by atoms with Crippen LogP contribution in [0.25, 0.3) is 0 Å². The predicted molar refractivity (Wildman–Crippen MR) is 56.2 cm³/mol. The molecule has 0 aromatic heterocycles. The molecule has 2 rings (SSSR count). The molecule has 0 radical (unpaired) electrons. The molecule has 0 N–H and O–H groups in total. The van der Waals surface area contributed by atoms with Crippen LogP contribution in [0, 0.1) is 6.92 Å². The predicted octanol–water partition coefficient (Wildman–Crippen LogP) is 2.36. The molecule has 0 atom stereocenters. The van der Waals surface area contributed by atoms with E-state index in [1.807, 2.05) is 17.0 Å². The summed E-state index contributed by atoms with van der Waals surface area (Å²) in [6, 6.07) is 6.23. The first-order chi connectivity index (χ1) is 6.61. The molecule has 0 saturated carbocycles. The zero-order valence-corrected chi connectivity index (χ0v) is 8.87. The summed E-state index contributed by atoms with van der Waals surface area (Å²) in [4.78, 5) is 13.8. The SMILES string of the molecule is Cc1cccc2c1CN(C(C)C)C2=O. The van der Waals surface area contributed by atoms with Gasteiger partial charge in [-0.25, -0.2) is 0 Å². The van der Waals surface area contributed by atoms with E-state index in [0.29, 0.717) is 0 Å². The van der Waals surface area contributed by atoms with Crippen molar-refractivity contribution in [3.8, 4) is 0 Å². The summed E-state index contributed by atoms with van der Waals surface area (Å²) in [7, 11) is 0. The molecule has 1 aliphatic rings. The fourth-order valence-electron chi connectivity index (χ4n) is 1.93. The smallest absolute Gasteiger partial charge is 0.254 e. The van der Waals surface area contributed by atoms with E-state index >= 15 is 0 Å². The van der Waals surface area contributed by atoms with Crippen molar-refractivity contribution in [3.63, 3.8) is 0 Å². The average molecular weight is 189 g/mol. The lowest BCUT2D eigenvalue weighted by molar-refractivity contribution is 0.0730. The van der Waals surface area contributed by atoms with Crippen LogP contribution >= 0.6 is 0 Å². The lowest BCUT2D eigenvalue weighted by Crippen LogP contribution is -2.30. The van der Waals surface area contributed by atoms with Gasteiger partial charge in [0.1, 0.15) is 0 Å². The van der Waals surface area contributed by atoms with Crippen molar-refractivity contribution in [1.82, 2.24) is 4.90 Å². The van der Waals surface area contributed by atoms with E-state index in [4.69, 9.17) is 0 Å². The Morgan fingerprint density at radius 1 is 1.36 bits per heavy atom. The summed E-state index contributed by atoms with van der Waals surface area (Å²) < 4.78 is 0. The number of aryl methyl sites for hydroxylation is 1. The molecule has 14 heavy (non-hydrogen) atoms. The van der Waals surface area contributed by atoms with Gasteiger partial charge in [0.05, 0.1) is 0 Å². The monoisotopic (exact) mass is 189 g/mol. The molecule has 1 amide bonds. The number of carbonyl (C=O) groups is 1. The van der Waals surface area contributed by atoms with Gasteiger partial charge in [-0.3, -0.25) is 4.79 Å². The lowest BCUT2D eigenvalue weighted by Gasteiger charge is -2.19. The van der Waals surface area contributed by atoms with Gasteiger partial charge in [-0.1, -0.05) is 12.1 Å². The van der Waals surface area contributed by atoms with Gasteiger partial charge in [0.2, 0.25) is 0 Å². The Balaban J connectivity index is 2.45. The summed E-state index contributed by atoms with van der Waals surface area (Å²) in [5.41, 5.74) is 3.31. The number of fused-ring (bicyclic) bond motifs is 1. The molecule has 0 fully saturated rings.